The molecular weight excluding hydrogens is 784 g/mol. The lowest BCUT2D eigenvalue weighted by Gasteiger charge is -2.18. The molecule has 0 amide bonds. The second-order valence-corrected chi connectivity index (χ2v) is 19.6. The van der Waals surface area contributed by atoms with Crippen molar-refractivity contribution in [1.82, 2.24) is 0 Å². The Morgan fingerprint density at radius 2 is 0.672 bits per heavy atom. The van der Waals surface area contributed by atoms with Crippen LogP contribution in [0.15, 0.2) is 24.3 Å². The maximum absolute atomic E-state index is 13.0. The maximum atomic E-state index is 13.0. The molecule has 8 nitrogen and oxygen atoms in total. The van der Waals surface area contributed by atoms with Crippen molar-refractivity contribution in [2.24, 2.45) is 11.8 Å². The minimum atomic E-state index is -3.40. The second kappa shape index (κ2) is 43.5. The molecule has 358 valence electrons. The molecule has 0 atom stereocenters. The van der Waals surface area contributed by atoms with Gasteiger partial charge in [-0.25, -0.2) is 14.2 Å². The molecule has 0 saturated heterocycles. The lowest BCUT2D eigenvalue weighted by Crippen LogP contribution is -2.15. The fourth-order valence-corrected chi connectivity index (χ4v) is 8.26. The van der Waals surface area contributed by atoms with E-state index in [-0.39, 0.29) is 0 Å². The van der Waals surface area contributed by atoms with Crippen LogP contribution in [-0.4, -0.2) is 45.0 Å². The summed E-state index contributed by atoms with van der Waals surface area (Å²) in [6.45, 7) is 17.9. The van der Waals surface area contributed by atoms with Crippen molar-refractivity contribution in [2.45, 2.75) is 241 Å². The lowest BCUT2D eigenvalue weighted by molar-refractivity contribution is 0.0450. The van der Waals surface area contributed by atoms with E-state index in [1.54, 1.807) is 24.3 Å². The molecule has 0 N–H and O–H groups in total. The third kappa shape index (κ3) is 38.5. The van der Waals surface area contributed by atoms with Gasteiger partial charge in [-0.15, -0.1) is 0 Å². The van der Waals surface area contributed by atoms with E-state index < -0.39 is 19.8 Å². The van der Waals surface area contributed by atoms with Crippen LogP contribution in [0.2, 0.25) is 0 Å². The molecule has 1 aromatic carbocycles. The molecule has 1 aromatic rings. The quantitative estimate of drug-likeness (QED) is 0.0364. The van der Waals surface area contributed by atoms with Gasteiger partial charge >= 0.3 is 19.8 Å². The van der Waals surface area contributed by atoms with E-state index in [4.69, 9.17) is 23.0 Å². The Morgan fingerprint density at radius 1 is 0.410 bits per heavy atom. The van der Waals surface area contributed by atoms with Crippen LogP contribution < -0.4 is 0 Å². The molecule has 1 rings (SSSR count). The molecule has 0 heterocycles. The Balaban J connectivity index is 0.00000119. The SMILES string of the molecule is CC(C)CCCCCCCOC(=O)c1ccccc1C(=O)OCCCCCCCC(C)C.CCCCCCCCOP(=O)(OCCCCCCCC)OCCCCCCCC. The number of rotatable bonds is 42. The fourth-order valence-electron chi connectivity index (χ4n) is 6.98. The number of hydrogen-bond donors (Lipinski definition) is 0. The number of unbranched alkanes of at least 4 members (excludes halogenated alkanes) is 23. The van der Waals surface area contributed by atoms with E-state index >= 15 is 0 Å². The third-order valence-electron chi connectivity index (χ3n) is 10.9. The van der Waals surface area contributed by atoms with Crippen LogP contribution in [-0.2, 0) is 27.6 Å². The number of esters is 2. The maximum Gasteiger partial charge on any atom is 0.474 e. The minimum Gasteiger partial charge on any atom is -0.462 e. The van der Waals surface area contributed by atoms with Gasteiger partial charge in [-0.1, -0.05) is 221 Å². The van der Waals surface area contributed by atoms with Gasteiger partial charge in [0.2, 0.25) is 0 Å². The number of phosphoric acid groups is 1. The zero-order chi connectivity index (χ0) is 45.1. The standard InChI is InChI=1S/C28H46O4.C24H51O4P/c1-23(2)17-11-7-5-9-15-21-31-27(29)25-19-13-14-20-26(25)28(30)32-22-16-10-6-8-12-18-24(3)4;1-4-7-10-13-16-19-22-26-29(25,27-23-20-17-14-11-8-5-2)28-24-21-18-15-12-9-6-3/h13-14,19-20,23-24H,5-12,15-18,21-22H2,1-4H3;4-24H2,1-3H3. The smallest absolute Gasteiger partial charge is 0.462 e. The number of carbonyl (C=O) groups is 2. The molecule has 0 bridgehead atoms. The van der Waals surface area contributed by atoms with Gasteiger partial charge in [0.15, 0.2) is 0 Å². The van der Waals surface area contributed by atoms with Gasteiger partial charge in [0.1, 0.15) is 0 Å². The van der Waals surface area contributed by atoms with Crippen LogP contribution in [0.25, 0.3) is 0 Å². The van der Waals surface area contributed by atoms with Crippen LogP contribution >= 0.6 is 7.82 Å². The van der Waals surface area contributed by atoms with Gasteiger partial charge in [-0.2, -0.15) is 0 Å². The number of hydrogen-bond acceptors (Lipinski definition) is 8. The summed E-state index contributed by atoms with van der Waals surface area (Å²) < 4.78 is 40.7. The largest absolute Gasteiger partial charge is 0.474 e. The molecule has 61 heavy (non-hydrogen) atoms. The van der Waals surface area contributed by atoms with Gasteiger partial charge < -0.3 is 9.47 Å². The average Bonchev–Trinajstić information content (AvgIpc) is 3.24. The minimum absolute atomic E-state index is 0.295. The molecule has 0 saturated carbocycles. The van der Waals surface area contributed by atoms with Crippen molar-refractivity contribution < 1.29 is 37.2 Å². The van der Waals surface area contributed by atoms with Crippen molar-refractivity contribution in [2.75, 3.05) is 33.0 Å². The average molecular weight is 881 g/mol. The van der Waals surface area contributed by atoms with E-state index in [2.05, 4.69) is 48.5 Å². The molecule has 0 fully saturated rings. The monoisotopic (exact) mass is 881 g/mol. The van der Waals surface area contributed by atoms with Crippen molar-refractivity contribution in [3.8, 4) is 0 Å². The fraction of sp³-hybridized carbons (Fsp3) is 0.846. The Bertz CT molecular complexity index is 1060. The Morgan fingerprint density at radius 3 is 0.967 bits per heavy atom. The first-order valence-corrected chi connectivity index (χ1v) is 27.0. The Kier molecular flexibility index (Phi) is 42.3. The topological polar surface area (TPSA) is 97.4 Å². The summed E-state index contributed by atoms with van der Waals surface area (Å²) in [6.07, 6.45) is 35.0. The van der Waals surface area contributed by atoms with Gasteiger partial charge in [-0.05, 0) is 56.1 Å². The van der Waals surface area contributed by atoms with E-state index in [0.29, 0.717) is 44.2 Å². The van der Waals surface area contributed by atoms with E-state index in [1.165, 1.54) is 128 Å². The van der Waals surface area contributed by atoms with Crippen LogP contribution in [0.4, 0.5) is 0 Å². The number of carbonyl (C=O) groups excluding carboxylic acids is 2. The molecule has 0 spiro atoms. The number of ether oxygens (including phenoxy) is 2. The van der Waals surface area contributed by atoms with Crippen molar-refractivity contribution in [3.05, 3.63) is 35.4 Å². The van der Waals surface area contributed by atoms with Gasteiger partial charge in [0.05, 0.1) is 44.2 Å². The molecule has 0 unspecified atom stereocenters. The van der Waals surface area contributed by atoms with Crippen LogP contribution in [0.3, 0.4) is 0 Å². The first kappa shape index (κ1) is 59.3. The summed E-state index contributed by atoms with van der Waals surface area (Å²) in [5.41, 5.74) is 0.589. The van der Waals surface area contributed by atoms with E-state index in [9.17, 15) is 14.2 Å². The van der Waals surface area contributed by atoms with Gasteiger partial charge in [0.25, 0.3) is 0 Å². The molecule has 9 heteroatoms. The molecule has 0 aliphatic carbocycles. The van der Waals surface area contributed by atoms with Crippen LogP contribution in [0.5, 0.6) is 0 Å². The summed E-state index contributed by atoms with van der Waals surface area (Å²) >= 11 is 0. The van der Waals surface area contributed by atoms with Crippen molar-refractivity contribution in [1.29, 1.82) is 0 Å². The first-order valence-electron chi connectivity index (χ1n) is 25.6. The van der Waals surface area contributed by atoms with Crippen LogP contribution in [0.1, 0.15) is 262 Å². The molecule has 0 radical (unpaired) electrons. The lowest BCUT2D eigenvalue weighted by atomic mass is 10.0. The summed E-state index contributed by atoms with van der Waals surface area (Å²) in [5.74, 6) is 0.648. The Labute approximate surface area is 377 Å². The summed E-state index contributed by atoms with van der Waals surface area (Å²) in [6, 6.07) is 6.78. The predicted molar refractivity (Wildman–Crippen MR) is 258 cm³/mol. The number of phosphoric ester groups is 1. The first-order chi connectivity index (χ1) is 29.6. The predicted octanol–water partition coefficient (Wildman–Crippen LogP) is 17.2. The van der Waals surface area contributed by atoms with E-state index in [1.807, 2.05) is 0 Å². The van der Waals surface area contributed by atoms with Crippen molar-refractivity contribution >= 4 is 19.8 Å². The highest BCUT2D eigenvalue weighted by Gasteiger charge is 2.26. The van der Waals surface area contributed by atoms with Gasteiger partial charge in [0, 0.05) is 0 Å². The zero-order valence-corrected chi connectivity index (χ0v) is 41.8. The third-order valence-corrected chi connectivity index (χ3v) is 12.4. The summed E-state index contributed by atoms with van der Waals surface area (Å²) in [7, 11) is -3.40. The highest BCUT2D eigenvalue weighted by molar-refractivity contribution is 7.48. The number of benzene rings is 1. The highest BCUT2D eigenvalue weighted by atomic mass is 31.2. The van der Waals surface area contributed by atoms with E-state index in [0.717, 1.165) is 76.0 Å². The second-order valence-electron chi connectivity index (χ2n) is 18.0. The van der Waals surface area contributed by atoms with Crippen molar-refractivity contribution in [3.63, 3.8) is 0 Å². The summed E-state index contributed by atoms with van der Waals surface area (Å²) in [4.78, 5) is 24.9. The van der Waals surface area contributed by atoms with Crippen LogP contribution in [0, 0.1) is 11.8 Å². The molecule has 0 aliphatic heterocycles. The highest BCUT2D eigenvalue weighted by Crippen LogP contribution is 2.50. The Hall–Kier alpha value is -1.73. The molecule has 0 aliphatic rings. The molecule has 0 aromatic heterocycles. The molecular formula is C52H97O8P. The summed E-state index contributed by atoms with van der Waals surface area (Å²) in [5, 5.41) is 0. The van der Waals surface area contributed by atoms with Gasteiger partial charge in [-0.3, -0.25) is 13.6 Å². The zero-order valence-electron chi connectivity index (χ0n) is 40.9. The normalized spacial score (nSPS) is 11.6.